The van der Waals surface area contributed by atoms with E-state index in [1.165, 1.54) is 24.8 Å². The van der Waals surface area contributed by atoms with Crippen LogP contribution in [0, 0.1) is 0 Å². The highest BCUT2D eigenvalue weighted by atomic mass is 127. The number of nitrogens with one attached hydrogen (secondary N) is 2. The largest absolute Gasteiger partial charge is 0.469 e. The number of guanidine groups is 1. The summed E-state index contributed by atoms with van der Waals surface area (Å²) in [6, 6.07) is 8.12. The molecule has 7 heteroatoms. The molecular weight excluding hydrogens is 441 g/mol. The Labute approximate surface area is 172 Å². The van der Waals surface area contributed by atoms with Gasteiger partial charge >= 0.3 is 0 Å². The SMILES string of the molecule is CN=C(NCCc1ccco1)NCc1ccnc(N2CCCCC2)c1.I. The van der Waals surface area contributed by atoms with Gasteiger partial charge in [0.1, 0.15) is 11.6 Å². The van der Waals surface area contributed by atoms with Crippen molar-refractivity contribution < 1.29 is 4.42 Å². The number of anilines is 1. The van der Waals surface area contributed by atoms with E-state index in [0.717, 1.165) is 50.1 Å². The molecule has 2 N–H and O–H groups in total. The summed E-state index contributed by atoms with van der Waals surface area (Å²) < 4.78 is 5.34. The van der Waals surface area contributed by atoms with Crippen molar-refractivity contribution in [3.8, 4) is 0 Å². The van der Waals surface area contributed by atoms with Crippen molar-refractivity contribution in [3.05, 3.63) is 48.0 Å². The molecule has 0 saturated carbocycles. The molecule has 0 atom stereocenters. The van der Waals surface area contributed by atoms with E-state index in [2.05, 4.69) is 37.6 Å². The molecule has 0 aliphatic carbocycles. The summed E-state index contributed by atoms with van der Waals surface area (Å²) in [5.74, 6) is 2.85. The summed E-state index contributed by atoms with van der Waals surface area (Å²) in [7, 11) is 1.79. The van der Waals surface area contributed by atoms with Crippen molar-refractivity contribution in [3.63, 3.8) is 0 Å². The molecule has 0 spiro atoms. The van der Waals surface area contributed by atoms with E-state index in [-0.39, 0.29) is 24.0 Å². The fourth-order valence-corrected chi connectivity index (χ4v) is 3.03. The van der Waals surface area contributed by atoms with Crippen LogP contribution in [-0.4, -0.2) is 37.6 Å². The Morgan fingerprint density at radius 1 is 1.23 bits per heavy atom. The average molecular weight is 469 g/mol. The average Bonchev–Trinajstić information content (AvgIpc) is 3.19. The normalized spacial score (nSPS) is 14.7. The van der Waals surface area contributed by atoms with Gasteiger partial charge in [-0.25, -0.2) is 4.98 Å². The number of pyridine rings is 1. The Hall–Kier alpha value is -1.77. The first-order valence-electron chi connectivity index (χ1n) is 9.02. The molecule has 2 aromatic rings. The first-order valence-corrected chi connectivity index (χ1v) is 9.02. The Morgan fingerprint density at radius 3 is 2.81 bits per heavy atom. The summed E-state index contributed by atoms with van der Waals surface area (Å²) in [5, 5.41) is 6.67. The molecule has 142 valence electrons. The summed E-state index contributed by atoms with van der Waals surface area (Å²) in [4.78, 5) is 11.2. The Bertz CT molecular complexity index is 668. The van der Waals surface area contributed by atoms with Crippen molar-refractivity contribution in [1.82, 2.24) is 15.6 Å². The van der Waals surface area contributed by atoms with Gasteiger partial charge in [0.25, 0.3) is 0 Å². The van der Waals surface area contributed by atoms with Gasteiger partial charge in [-0.3, -0.25) is 4.99 Å². The van der Waals surface area contributed by atoms with E-state index < -0.39 is 0 Å². The maximum Gasteiger partial charge on any atom is 0.191 e. The molecule has 0 bridgehead atoms. The van der Waals surface area contributed by atoms with Crippen LogP contribution in [0.5, 0.6) is 0 Å². The third-order valence-corrected chi connectivity index (χ3v) is 4.42. The van der Waals surface area contributed by atoms with Gasteiger partial charge in [0.15, 0.2) is 5.96 Å². The number of piperidine rings is 1. The molecule has 0 amide bonds. The van der Waals surface area contributed by atoms with Gasteiger partial charge in [-0.15, -0.1) is 24.0 Å². The number of nitrogens with zero attached hydrogens (tertiary/aromatic N) is 3. The fraction of sp³-hybridized carbons (Fsp3) is 0.474. The highest BCUT2D eigenvalue weighted by molar-refractivity contribution is 14.0. The zero-order valence-corrected chi connectivity index (χ0v) is 17.6. The van der Waals surface area contributed by atoms with Crippen LogP contribution < -0.4 is 15.5 Å². The van der Waals surface area contributed by atoms with E-state index >= 15 is 0 Å². The first kappa shape index (κ1) is 20.5. The molecular formula is C19H28IN5O. The fourth-order valence-electron chi connectivity index (χ4n) is 3.03. The second-order valence-corrected chi connectivity index (χ2v) is 6.25. The van der Waals surface area contributed by atoms with Crippen molar-refractivity contribution >= 4 is 35.8 Å². The molecule has 1 saturated heterocycles. The third kappa shape index (κ3) is 6.19. The zero-order valence-electron chi connectivity index (χ0n) is 15.3. The molecule has 1 aliphatic heterocycles. The van der Waals surface area contributed by atoms with Crippen LogP contribution in [0.25, 0.3) is 0 Å². The number of halogens is 1. The summed E-state index contributed by atoms with van der Waals surface area (Å²) >= 11 is 0. The van der Waals surface area contributed by atoms with Crippen molar-refractivity contribution in [2.45, 2.75) is 32.2 Å². The van der Waals surface area contributed by atoms with Crippen molar-refractivity contribution in [2.24, 2.45) is 4.99 Å². The predicted molar refractivity (Wildman–Crippen MR) is 116 cm³/mol. The summed E-state index contributed by atoms with van der Waals surface area (Å²) in [6.07, 6.45) is 8.28. The van der Waals surface area contributed by atoms with Crippen LogP contribution >= 0.6 is 24.0 Å². The summed E-state index contributed by atoms with van der Waals surface area (Å²) in [5.41, 5.74) is 1.21. The lowest BCUT2D eigenvalue weighted by atomic mass is 10.1. The van der Waals surface area contributed by atoms with E-state index in [4.69, 9.17) is 4.42 Å². The first-order chi connectivity index (χ1) is 12.3. The molecule has 3 heterocycles. The molecule has 3 rings (SSSR count). The van der Waals surface area contributed by atoms with Crippen LogP contribution in [-0.2, 0) is 13.0 Å². The number of rotatable bonds is 6. The van der Waals surface area contributed by atoms with Gasteiger partial charge in [-0.05, 0) is 49.1 Å². The maximum atomic E-state index is 5.34. The smallest absolute Gasteiger partial charge is 0.191 e. The molecule has 0 aromatic carbocycles. The molecule has 0 unspecified atom stereocenters. The minimum atomic E-state index is 0. The van der Waals surface area contributed by atoms with Crippen LogP contribution in [0.3, 0.4) is 0 Å². The highest BCUT2D eigenvalue weighted by Gasteiger charge is 2.12. The van der Waals surface area contributed by atoms with Gasteiger partial charge in [0.2, 0.25) is 0 Å². The van der Waals surface area contributed by atoms with Crippen LogP contribution in [0.2, 0.25) is 0 Å². The number of hydrogen-bond donors (Lipinski definition) is 2. The monoisotopic (exact) mass is 469 g/mol. The topological polar surface area (TPSA) is 65.7 Å². The van der Waals surface area contributed by atoms with Gasteiger partial charge in [0.05, 0.1) is 6.26 Å². The highest BCUT2D eigenvalue weighted by Crippen LogP contribution is 2.18. The number of aliphatic imine (C=N–C) groups is 1. The molecule has 26 heavy (non-hydrogen) atoms. The lowest BCUT2D eigenvalue weighted by Gasteiger charge is -2.28. The molecule has 2 aromatic heterocycles. The van der Waals surface area contributed by atoms with E-state index in [0.29, 0.717) is 0 Å². The van der Waals surface area contributed by atoms with Gasteiger partial charge in [-0.1, -0.05) is 0 Å². The number of hydrogen-bond acceptors (Lipinski definition) is 4. The maximum absolute atomic E-state index is 5.34. The van der Waals surface area contributed by atoms with Crippen LogP contribution in [0.4, 0.5) is 5.82 Å². The Morgan fingerprint density at radius 2 is 2.08 bits per heavy atom. The Balaban J connectivity index is 0.00000243. The molecule has 1 fully saturated rings. The van der Waals surface area contributed by atoms with E-state index in [1.54, 1.807) is 13.3 Å². The number of aromatic nitrogens is 1. The van der Waals surface area contributed by atoms with Gasteiger partial charge in [0, 0.05) is 45.8 Å². The molecule has 6 nitrogen and oxygen atoms in total. The lowest BCUT2D eigenvalue weighted by Crippen LogP contribution is -2.38. The van der Waals surface area contributed by atoms with Crippen molar-refractivity contribution in [1.29, 1.82) is 0 Å². The number of furan rings is 1. The third-order valence-electron chi connectivity index (χ3n) is 4.42. The zero-order chi connectivity index (χ0) is 17.3. The predicted octanol–water partition coefficient (Wildman–Crippen LogP) is 3.19. The lowest BCUT2D eigenvalue weighted by molar-refractivity contribution is 0.507. The van der Waals surface area contributed by atoms with Crippen LogP contribution in [0.15, 0.2) is 46.1 Å². The second-order valence-electron chi connectivity index (χ2n) is 6.25. The quantitative estimate of drug-likeness (QED) is 0.387. The van der Waals surface area contributed by atoms with Gasteiger partial charge in [-0.2, -0.15) is 0 Å². The summed E-state index contributed by atoms with van der Waals surface area (Å²) in [6.45, 7) is 3.73. The molecule has 1 aliphatic rings. The second kappa shape index (κ2) is 11.1. The van der Waals surface area contributed by atoms with Crippen molar-refractivity contribution in [2.75, 3.05) is 31.6 Å². The van der Waals surface area contributed by atoms with Gasteiger partial charge < -0.3 is 20.0 Å². The standard InChI is InChI=1S/C19H27N5O.HI/c1-20-19(22-10-8-17-6-5-13-25-17)23-15-16-7-9-21-18(14-16)24-11-3-2-4-12-24;/h5-7,9,13-14H,2-4,8,10-12,15H2,1H3,(H2,20,22,23);1H. The molecule has 0 radical (unpaired) electrons. The van der Waals surface area contributed by atoms with E-state index in [1.807, 2.05) is 18.3 Å². The minimum absolute atomic E-state index is 0. The Kier molecular flexibility index (Phi) is 8.73. The van der Waals surface area contributed by atoms with Crippen LogP contribution in [0.1, 0.15) is 30.6 Å². The van der Waals surface area contributed by atoms with E-state index in [9.17, 15) is 0 Å². The minimum Gasteiger partial charge on any atom is -0.469 e.